The smallest absolute Gasteiger partial charge is 0.225 e. The van der Waals surface area contributed by atoms with Crippen LogP contribution in [0.3, 0.4) is 0 Å². The van der Waals surface area contributed by atoms with Crippen molar-refractivity contribution in [1.82, 2.24) is 15.3 Å². The summed E-state index contributed by atoms with van der Waals surface area (Å²) < 4.78 is 0. The van der Waals surface area contributed by atoms with Crippen LogP contribution < -0.4 is 5.32 Å². The normalized spacial score (nSPS) is 12.3. The van der Waals surface area contributed by atoms with E-state index >= 15 is 0 Å². The molecule has 0 spiro atoms. The molecule has 0 aliphatic rings. The lowest BCUT2D eigenvalue weighted by Crippen LogP contribution is -2.28. The third-order valence-corrected chi connectivity index (χ3v) is 3.87. The summed E-state index contributed by atoms with van der Waals surface area (Å²) in [4.78, 5) is 19.9. The molecule has 0 saturated carbocycles. The first-order chi connectivity index (χ1) is 10.6. The molecular weight excluding hydrogens is 298 g/mol. The Bertz CT molecular complexity index is 779. The molecule has 1 aromatic heterocycles. The lowest BCUT2D eigenvalue weighted by molar-refractivity contribution is -0.121. The summed E-state index contributed by atoms with van der Waals surface area (Å²) in [5, 5.41) is 3.55. The maximum absolute atomic E-state index is 12.2. The van der Waals surface area contributed by atoms with Gasteiger partial charge in [-0.15, -0.1) is 0 Å². The van der Waals surface area contributed by atoms with E-state index in [1.807, 2.05) is 49.4 Å². The Morgan fingerprint density at radius 3 is 2.73 bits per heavy atom. The van der Waals surface area contributed by atoms with Crippen molar-refractivity contribution in [3.05, 3.63) is 64.9 Å². The second-order valence-corrected chi connectivity index (χ2v) is 5.60. The maximum Gasteiger partial charge on any atom is 0.225 e. The van der Waals surface area contributed by atoms with Gasteiger partial charge in [-0.3, -0.25) is 4.79 Å². The molecule has 0 aliphatic carbocycles. The number of H-pyrrole nitrogens is 1. The van der Waals surface area contributed by atoms with E-state index in [1.54, 1.807) is 6.07 Å². The van der Waals surface area contributed by atoms with Gasteiger partial charge in [0, 0.05) is 5.02 Å². The minimum atomic E-state index is -0.192. The number of imidazole rings is 1. The van der Waals surface area contributed by atoms with Crippen LogP contribution in [-0.2, 0) is 11.2 Å². The molecule has 112 valence electrons. The highest BCUT2D eigenvalue weighted by Gasteiger charge is 2.14. The Balaban J connectivity index is 1.69. The molecule has 0 saturated heterocycles. The van der Waals surface area contributed by atoms with Gasteiger partial charge in [0.1, 0.15) is 5.82 Å². The van der Waals surface area contributed by atoms with E-state index < -0.39 is 0 Å². The minimum Gasteiger partial charge on any atom is -0.346 e. The first-order valence-electron chi connectivity index (χ1n) is 7.11. The van der Waals surface area contributed by atoms with Crippen molar-refractivity contribution >= 4 is 28.5 Å². The summed E-state index contributed by atoms with van der Waals surface area (Å²) >= 11 is 6.08. The molecule has 1 amide bonds. The molecule has 0 bridgehead atoms. The van der Waals surface area contributed by atoms with Gasteiger partial charge in [-0.1, -0.05) is 41.9 Å². The molecule has 0 radical (unpaired) electrons. The largest absolute Gasteiger partial charge is 0.346 e. The first kappa shape index (κ1) is 14.6. The highest BCUT2D eigenvalue weighted by Crippen LogP contribution is 2.17. The molecule has 0 fully saturated rings. The van der Waals surface area contributed by atoms with Crippen LogP contribution in [0.4, 0.5) is 0 Å². The summed E-state index contributed by atoms with van der Waals surface area (Å²) in [7, 11) is 0. The number of aromatic nitrogens is 2. The van der Waals surface area contributed by atoms with Crippen LogP contribution in [0, 0.1) is 0 Å². The van der Waals surface area contributed by atoms with Crippen LogP contribution in [-0.4, -0.2) is 15.9 Å². The van der Waals surface area contributed by atoms with Gasteiger partial charge in [0.15, 0.2) is 0 Å². The van der Waals surface area contributed by atoms with Crippen molar-refractivity contribution in [2.75, 3.05) is 0 Å². The number of amides is 1. The van der Waals surface area contributed by atoms with Crippen molar-refractivity contribution in [1.29, 1.82) is 0 Å². The number of fused-ring (bicyclic) bond motifs is 1. The Morgan fingerprint density at radius 1 is 1.23 bits per heavy atom. The molecular formula is C17H16ClN3O. The first-order valence-corrected chi connectivity index (χ1v) is 7.48. The quantitative estimate of drug-likeness (QED) is 0.772. The molecule has 1 heterocycles. The number of nitrogens with zero attached hydrogens (tertiary/aromatic N) is 1. The van der Waals surface area contributed by atoms with E-state index in [9.17, 15) is 4.79 Å². The zero-order chi connectivity index (χ0) is 15.5. The maximum atomic E-state index is 12.2. The van der Waals surface area contributed by atoms with E-state index in [2.05, 4.69) is 15.3 Å². The van der Waals surface area contributed by atoms with E-state index in [0.717, 1.165) is 22.4 Å². The van der Waals surface area contributed by atoms with Crippen molar-refractivity contribution < 1.29 is 4.79 Å². The highest BCUT2D eigenvalue weighted by atomic mass is 35.5. The standard InChI is InChI=1S/C17H16ClN3O/c1-11(17-20-14-8-4-5-9-15(14)21-17)19-16(22)10-12-6-2-3-7-13(12)18/h2-9,11H,10H2,1H3,(H,19,22)(H,20,21)/t11-/m0/s1. The van der Waals surface area contributed by atoms with E-state index in [0.29, 0.717) is 5.02 Å². The van der Waals surface area contributed by atoms with Crippen LogP contribution in [0.15, 0.2) is 48.5 Å². The Morgan fingerprint density at radius 2 is 1.95 bits per heavy atom. The fourth-order valence-electron chi connectivity index (χ4n) is 2.35. The number of benzene rings is 2. The van der Waals surface area contributed by atoms with E-state index in [4.69, 9.17) is 11.6 Å². The van der Waals surface area contributed by atoms with Crippen molar-refractivity contribution in [3.63, 3.8) is 0 Å². The molecule has 2 N–H and O–H groups in total. The summed E-state index contributed by atoms with van der Waals surface area (Å²) in [6, 6.07) is 15.0. The molecule has 22 heavy (non-hydrogen) atoms. The van der Waals surface area contributed by atoms with E-state index in [1.165, 1.54) is 0 Å². The van der Waals surface area contributed by atoms with Crippen LogP contribution >= 0.6 is 11.6 Å². The van der Waals surface area contributed by atoms with Crippen LogP contribution in [0.5, 0.6) is 0 Å². The van der Waals surface area contributed by atoms with Crippen molar-refractivity contribution in [2.45, 2.75) is 19.4 Å². The summed E-state index contributed by atoms with van der Waals surface area (Å²) in [6.07, 6.45) is 0.254. The highest BCUT2D eigenvalue weighted by molar-refractivity contribution is 6.31. The van der Waals surface area contributed by atoms with Gasteiger partial charge in [0.05, 0.1) is 23.5 Å². The second kappa shape index (κ2) is 6.20. The molecule has 1 atom stereocenters. The number of carbonyl (C=O) groups is 1. The van der Waals surface area contributed by atoms with Gasteiger partial charge in [0.25, 0.3) is 0 Å². The van der Waals surface area contributed by atoms with Crippen molar-refractivity contribution in [3.8, 4) is 0 Å². The van der Waals surface area contributed by atoms with Crippen LogP contribution in [0.25, 0.3) is 11.0 Å². The lowest BCUT2D eigenvalue weighted by Gasteiger charge is -2.12. The van der Waals surface area contributed by atoms with Gasteiger partial charge < -0.3 is 10.3 Å². The number of carbonyl (C=O) groups excluding carboxylic acids is 1. The van der Waals surface area contributed by atoms with Gasteiger partial charge in [0.2, 0.25) is 5.91 Å². The zero-order valence-electron chi connectivity index (χ0n) is 12.1. The van der Waals surface area contributed by atoms with E-state index in [-0.39, 0.29) is 18.4 Å². The monoisotopic (exact) mass is 313 g/mol. The number of nitrogens with one attached hydrogen (secondary N) is 2. The molecule has 4 nitrogen and oxygen atoms in total. The molecule has 3 aromatic rings. The molecule has 3 rings (SSSR count). The predicted molar refractivity (Wildman–Crippen MR) is 87.8 cm³/mol. The van der Waals surface area contributed by atoms with Gasteiger partial charge in [-0.05, 0) is 30.7 Å². The number of hydrogen-bond donors (Lipinski definition) is 2. The van der Waals surface area contributed by atoms with Gasteiger partial charge in [-0.2, -0.15) is 0 Å². The fraction of sp³-hybridized carbons (Fsp3) is 0.176. The average Bonchev–Trinajstić information content (AvgIpc) is 2.93. The predicted octanol–water partition coefficient (Wildman–Crippen LogP) is 3.64. The molecule has 0 aliphatic heterocycles. The van der Waals surface area contributed by atoms with Crippen LogP contribution in [0.2, 0.25) is 5.02 Å². The number of halogens is 1. The topological polar surface area (TPSA) is 57.8 Å². The Labute approximate surface area is 133 Å². The molecule has 5 heteroatoms. The zero-order valence-corrected chi connectivity index (χ0v) is 12.9. The fourth-order valence-corrected chi connectivity index (χ4v) is 2.56. The molecule has 0 unspecified atom stereocenters. The number of para-hydroxylation sites is 2. The number of rotatable bonds is 4. The Kier molecular flexibility index (Phi) is 4.11. The lowest BCUT2D eigenvalue weighted by atomic mass is 10.1. The SMILES string of the molecule is C[C@H](NC(=O)Cc1ccccc1Cl)c1nc2ccccc2[nH]1. The number of hydrogen-bond acceptors (Lipinski definition) is 2. The van der Waals surface area contributed by atoms with Crippen LogP contribution in [0.1, 0.15) is 24.4 Å². The Hall–Kier alpha value is -2.33. The third-order valence-electron chi connectivity index (χ3n) is 3.50. The average molecular weight is 314 g/mol. The summed E-state index contributed by atoms with van der Waals surface area (Å²) in [5.41, 5.74) is 2.67. The number of aromatic amines is 1. The van der Waals surface area contributed by atoms with Gasteiger partial charge >= 0.3 is 0 Å². The van der Waals surface area contributed by atoms with Gasteiger partial charge in [-0.25, -0.2) is 4.98 Å². The third kappa shape index (κ3) is 3.12. The van der Waals surface area contributed by atoms with Crippen molar-refractivity contribution in [2.24, 2.45) is 0 Å². The summed E-state index contributed by atoms with van der Waals surface area (Å²) in [5.74, 6) is 0.662. The molecule has 2 aromatic carbocycles. The summed E-state index contributed by atoms with van der Waals surface area (Å²) in [6.45, 7) is 1.90. The minimum absolute atomic E-state index is 0.0824. The second-order valence-electron chi connectivity index (χ2n) is 5.20.